The molecule has 17 heavy (non-hydrogen) atoms. The third-order valence-corrected chi connectivity index (χ3v) is 3.38. The van der Waals surface area contributed by atoms with Crippen LogP contribution in [0.25, 0.3) is 0 Å². The number of hydrogen-bond donors (Lipinski definition) is 0. The van der Waals surface area contributed by atoms with Gasteiger partial charge in [-0.3, -0.25) is 0 Å². The van der Waals surface area contributed by atoms with Gasteiger partial charge in [-0.25, -0.2) is 4.39 Å². The van der Waals surface area contributed by atoms with Crippen molar-refractivity contribution in [2.45, 2.75) is 19.3 Å². The number of nitrogens with zero attached hydrogens (tertiary/aromatic N) is 1. The first-order chi connectivity index (χ1) is 8.24. The molecule has 94 valence electrons. The second-order valence-electron chi connectivity index (χ2n) is 4.36. The van der Waals surface area contributed by atoms with Crippen LogP contribution in [-0.4, -0.2) is 31.1 Å². The average Bonchev–Trinajstić information content (AvgIpc) is 2.76. The summed E-state index contributed by atoms with van der Waals surface area (Å²) in [6.07, 6.45) is 3.63. The zero-order valence-corrected chi connectivity index (χ0v) is 11.4. The van der Waals surface area contributed by atoms with Gasteiger partial charge in [-0.05, 0) is 44.5 Å². The first-order valence-electron chi connectivity index (χ1n) is 6.05. The topological polar surface area (TPSA) is 12.5 Å². The van der Waals surface area contributed by atoms with Crippen LogP contribution in [0.4, 0.5) is 4.39 Å². The Hall–Kier alpha value is -0.610. The quantitative estimate of drug-likeness (QED) is 0.772. The standard InChI is InChI=1S/C13H17BrFNO/c14-11-8-12(15)10-13(9-11)17-7-3-6-16-4-1-2-5-16/h8-10H,1-7H2. The molecule has 0 aliphatic carbocycles. The molecule has 0 bridgehead atoms. The smallest absolute Gasteiger partial charge is 0.128 e. The molecule has 0 saturated carbocycles. The van der Waals surface area contributed by atoms with E-state index < -0.39 is 0 Å². The van der Waals surface area contributed by atoms with Crippen LogP contribution in [0, 0.1) is 5.82 Å². The zero-order valence-electron chi connectivity index (χ0n) is 9.79. The molecule has 0 atom stereocenters. The highest BCUT2D eigenvalue weighted by molar-refractivity contribution is 9.10. The van der Waals surface area contributed by atoms with Gasteiger partial charge in [0.2, 0.25) is 0 Å². The average molecular weight is 302 g/mol. The Morgan fingerprint density at radius 1 is 1.24 bits per heavy atom. The molecule has 2 nitrogen and oxygen atoms in total. The van der Waals surface area contributed by atoms with Gasteiger partial charge in [-0.2, -0.15) is 0 Å². The van der Waals surface area contributed by atoms with Crippen LogP contribution in [0.2, 0.25) is 0 Å². The molecule has 0 amide bonds. The highest BCUT2D eigenvalue weighted by atomic mass is 79.9. The van der Waals surface area contributed by atoms with Gasteiger partial charge in [0.25, 0.3) is 0 Å². The van der Waals surface area contributed by atoms with Gasteiger partial charge in [0.1, 0.15) is 11.6 Å². The van der Waals surface area contributed by atoms with Crippen LogP contribution in [-0.2, 0) is 0 Å². The lowest BCUT2D eigenvalue weighted by Crippen LogP contribution is -2.21. The Morgan fingerprint density at radius 3 is 2.71 bits per heavy atom. The summed E-state index contributed by atoms with van der Waals surface area (Å²) in [6.45, 7) is 4.15. The van der Waals surface area contributed by atoms with E-state index in [9.17, 15) is 4.39 Å². The lowest BCUT2D eigenvalue weighted by Gasteiger charge is -2.14. The fourth-order valence-corrected chi connectivity index (χ4v) is 2.54. The normalized spacial score (nSPS) is 16.4. The number of hydrogen-bond acceptors (Lipinski definition) is 2. The van der Waals surface area contributed by atoms with Gasteiger partial charge >= 0.3 is 0 Å². The molecule has 1 aromatic carbocycles. The van der Waals surface area contributed by atoms with Gasteiger partial charge in [0, 0.05) is 17.1 Å². The van der Waals surface area contributed by atoms with Crippen LogP contribution in [0.3, 0.4) is 0 Å². The number of likely N-dealkylation sites (tertiary alicyclic amines) is 1. The number of halogens is 2. The predicted molar refractivity (Wildman–Crippen MR) is 69.9 cm³/mol. The van der Waals surface area contributed by atoms with E-state index in [2.05, 4.69) is 20.8 Å². The minimum atomic E-state index is -0.270. The third kappa shape index (κ3) is 4.28. The number of benzene rings is 1. The van der Waals surface area contributed by atoms with Crippen LogP contribution < -0.4 is 4.74 Å². The zero-order chi connectivity index (χ0) is 12.1. The van der Waals surface area contributed by atoms with Crippen molar-refractivity contribution in [3.8, 4) is 5.75 Å². The number of ether oxygens (including phenoxy) is 1. The highest BCUT2D eigenvalue weighted by Gasteiger charge is 2.10. The Kier molecular flexibility index (Phi) is 4.80. The minimum Gasteiger partial charge on any atom is -0.493 e. The van der Waals surface area contributed by atoms with Crippen molar-refractivity contribution in [3.05, 3.63) is 28.5 Å². The molecule has 0 N–H and O–H groups in total. The van der Waals surface area contributed by atoms with Gasteiger partial charge in [0.05, 0.1) is 6.61 Å². The first-order valence-corrected chi connectivity index (χ1v) is 6.84. The van der Waals surface area contributed by atoms with Crippen molar-refractivity contribution in [2.75, 3.05) is 26.2 Å². The lowest BCUT2D eigenvalue weighted by molar-refractivity contribution is 0.262. The Labute approximate surface area is 110 Å². The van der Waals surface area contributed by atoms with Crippen molar-refractivity contribution in [1.29, 1.82) is 0 Å². The van der Waals surface area contributed by atoms with Crippen LogP contribution in [0.1, 0.15) is 19.3 Å². The first kappa shape index (κ1) is 12.8. The summed E-state index contributed by atoms with van der Waals surface area (Å²) in [6, 6.07) is 4.64. The molecule has 0 unspecified atom stereocenters. The van der Waals surface area contributed by atoms with E-state index in [1.807, 2.05) is 0 Å². The summed E-state index contributed by atoms with van der Waals surface area (Å²) in [5, 5.41) is 0. The van der Waals surface area contributed by atoms with E-state index in [1.165, 1.54) is 38.1 Å². The van der Waals surface area contributed by atoms with Crippen LogP contribution in [0.5, 0.6) is 5.75 Å². The molecular formula is C13H17BrFNO. The van der Waals surface area contributed by atoms with Crippen molar-refractivity contribution < 1.29 is 9.13 Å². The molecule has 0 radical (unpaired) electrons. The summed E-state index contributed by atoms with van der Waals surface area (Å²) >= 11 is 3.25. The van der Waals surface area contributed by atoms with E-state index in [4.69, 9.17) is 4.74 Å². The van der Waals surface area contributed by atoms with Gasteiger partial charge in [0.15, 0.2) is 0 Å². The molecule has 2 rings (SSSR count). The predicted octanol–water partition coefficient (Wildman–Crippen LogP) is 3.45. The van der Waals surface area contributed by atoms with Gasteiger partial charge < -0.3 is 9.64 Å². The van der Waals surface area contributed by atoms with Crippen LogP contribution >= 0.6 is 15.9 Å². The molecule has 4 heteroatoms. The summed E-state index contributed by atoms with van der Waals surface area (Å²) in [5.41, 5.74) is 0. The van der Waals surface area contributed by atoms with E-state index in [0.29, 0.717) is 16.8 Å². The van der Waals surface area contributed by atoms with Crippen LogP contribution in [0.15, 0.2) is 22.7 Å². The molecule has 1 saturated heterocycles. The summed E-state index contributed by atoms with van der Waals surface area (Å²) in [4.78, 5) is 2.45. The van der Waals surface area contributed by atoms with Crippen molar-refractivity contribution in [2.24, 2.45) is 0 Å². The Balaban J connectivity index is 1.70. The van der Waals surface area contributed by atoms with E-state index in [-0.39, 0.29) is 5.82 Å². The second-order valence-corrected chi connectivity index (χ2v) is 5.27. The molecule has 1 fully saturated rings. The molecule has 1 aromatic rings. The van der Waals surface area contributed by atoms with Gasteiger partial charge in [-0.1, -0.05) is 15.9 Å². The lowest BCUT2D eigenvalue weighted by atomic mass is 10.3. The second kappa shape index (κ2) is 6.36. The molecule has 0 aromatic heterocycles. The molecular weight excluding hydrogens is 285 g/mol. The maximum atomic E-state index is 13.1. The molecule has 0 spiro atoms. The fourth-order valence-electron chi connectivity index (χ4n) is 2.10. The SMILES string of the molecule is Fc1cc(Br)cc(OCCCN2CCCC2)c1. The fraction of sp³-hybridized carbons (Fsp3) is 0.538. The largest absolute Gasteiger partial charge is 0.493 e. The maximum absolute atomic E-state index is 13.1. The van der Waals surface area contributed by atoms with Crippen molar-refractivity contribution >= 4 is 15.9 Å². The maximum Gasteiger partial charge on any atom is 0.128 e. The summed E-state index contributed by atoms with van der Waals surface area (Å²) in [5.74, 6) is 0.326. The Bertz CT molecular complexity index is 346. The van der Waals surface area contributed by atoms with E-state index in [1.54, 1.807) is 6.07 Å². The monoisotopic (exact) mass is 301 g/mol. The summed E-state index contributed by atoms with van der Waals surface area (Å²) < 4.78 is 19.3. The summed E-state index contributed by atoms with van der Waals surface area (Å²) in [7, 11) is 0. The third-order valence-electron chi connectivity index (χ3n) is 2.92. The van der Waals surface area contributed by atoms with E-state index >= 15 is 0 Å². The van der Waals surface area contributed by atoms with Crippen molar-refractivity contribution in [1.82, 2.24) is 4.90 Å². The van der Waals surface area contributed by atoms with Crippen molar-refractivity contribution in [3.63, 3.8) is 0 Å². The molecule has 1 heterocycles. The molecule has 1 aliphatic rings. The highest BCUT2D eigenvalue weighted by Crippen LogP contribution is 2.20. The Morgan fingerprint density at radius 2 is 2.00 bits per heavy atom. The molecule has 1 aliphatic heterocycles. The van der Waals surface area contributed by atoms with E-state index in [0.717, 1.165) is 13.0 Å². The number of rotatable bonds is 5. The minimum absolute atomic E-state index is 0.270. The van der Waals surface area contributed by atoms with Gasteiger partial charge in [-0.15, -0.1) is 0 Å².